The Bertz CT molecular complexity index is 315. The number of hydrogen-bond acceptors (Lipinski definition) is 3. The molecule has 1 saturated carbocycles. The molecule has 0 aromatic carbocycles. The van der Waals surface area contributed by atoms with E-state index in [0.29, 0.717) is 0 Å². The van der Waals surface area contributed by atoms with Gasteiger partial charge in [0, 0.05) is 30.2 Å². The Balaban J connectivity index is 1.95. The van der Waals surface area contributed by atoms with Crippen LogP contribution in [-0.2, 0) is 6.54 Å². The van der Waals surface area contributed by atoms with E-state index < -0.39 is 0 Å². The van der Waals surface area contributed by atoms with Crippen LogP contribution in [0.5, 0.6) is 0 Å². The predicted octanol–water partition coefficient (Wildman–Crippen LogP) is 2.80. The number of rotatable bonds is 4. The summed E-state index contributed by atoms with van der Waals surface area (Å²) in [6.07, 6.45) is 10.1. The van der Waals surface area contributed by atoms with Gasteiger partial charge in [-0.3, -0.25) is 9.88 Å². The lowest BCUT2D eigenvalue weighted by molar-refractivity contribution is 0.241. The SMILES string of the molecule is CS[C@H]1CCC[C@@H]1N(C)Cc1ccncc1. The molecular weight excluding hydrogens is 216 g/mol. The van der Waals surface area contributed by atoms with E-state index >= 15 is 0 Å². The van der Waals surface area contributed by atoms with E-state index in [-0.39, 0.29) is 0 Å². The number of pyridine rings is 1. The van der Waals surface area contributed by atoms with Crippen LogP contribution in [-0.4, -0.2) is 34.5 Å². The van der Waals surface area contributed by atoms with Gasteiger partial charge < -0.3 is 0 Å². The van der Waals surface area contributed by atoms with Crippen molar-refractivity contribution in [1.82, 2.24) is 9.88 Å². The van der Waals surface area contributed by atoms with Crippen molar-refractivity contribution in [3.8, 4) is 0 Å². The standard InChI is InChI=1S/C13H20N2S/c1-15(10-11-6-8-14-9-7-11)12-4-3-5-13(12)16-2/h6-9,12-13H,3-5,10H2,1-2H3/t12-,13-/m0/s1. The number of thioether (sulfide) groups is 1. The van der Waals surface area contributed by atoms with Crippen molar-refractivity contribution in [3.05, 3.63) is 30.1 Å². The molecule has 1 aliphatic rings. The van der Waals surface area contributed by atoms with Gasteiger partial charge >= 0.3 is 0 Å². The summed E-state index contributed by atoms with van der Waals surface area (Å²) >= 11 is 2.03. The van der Waals surface area contributed by atoms with Crippen molar-refractivity contribution in [1.29, 1.82) is 0 Å². The first-order valence-electron chi connectivity index (χ1n) is 5.93. The maximum absolute atomic E-state index is 4.06. The Morgan fingerprint density at radius 2 is 2.12 bits per heavy atom. The third-order valence-corrected chi connectivity index (χ3v) is 4.62. The van der Waals surface area contributed by atoms with E-state index in [9.17, 15) is 0 Å². The second-order valence-corrected chi connectivity index (χ2v) is 5.62. The maximum Gasteiger partial charge on any atom is 0.0271 e. The van der Waals surface area contributed by atoms with Crippen LogP contribution in [0.1, 0.15) is 24.8 Å². The van der Waals surface area contributed by atoms with Crippen molar-refractivity contribution in [3.63, 3.8) is 0 Å². The molecule has 0 radical (unpaired) electrons. The third-order valence-electron chi connectivity index (χ3n) is 3.47. The Morgan fingerprint density at radius 3 is 2.81 bits per heavy atom. The molecule has 2 rings (SSSR count). The summed E-state index contributed by atoms with van der Waals surface area (Å²) in [7, 11) is 2.25. The summed E-state index contributed by atoms with van der Waals surface area (Å²) < 4.78 is 0. The summed E-state index contributed by atoms with van der Waals surface area (Å²) in [4.78, 5) is 6.56. The highest BCUT2D eigenvalue weighted by molar-refractivity contribution is 7.99. The van der Waals surface area contributed by atoms with Crippen molar-refractivity contribution >= 4 is 11.8 Å². The fourth-order valence-corrected chi connectivity index (χ4v) is 3.64. The molecular formula is C13H20N2S. The first kappa shape index (κ1) is 11.9. The van der Waals surface area contributed by atoms with E-state index in [1.807, 2.05) is 24.2 Å². The highest BCUT2D eigenvalue weighted by Crippen LogP contribution is 2.32. The van der Waals surface area contributed by atoms with Gasteiger partial charge in [0.15, 0.2) is 0 Å². The summed E-state index contributed by atoms with van der Waals surface area (Å²) in [5.41, 5.74) is 1.37. The lowest BCUT2D eigenvalue weighted by Crippen LogP contribution is -2.35. The van der Waals surface area contributed by atoms with E-state index in [2.05, 4.69) is 35.3 Å². The molecule has 0 spiro atoms. The second-order valence-electron chi connectivity index (χ2n) is 4.54. The molecule has 1 aromatic heterocycles. The van der Waals surface area contributed by atoms with Crippen LogP contribution in [0.2, 0.25) is 0 Å². The van der Waals surface area contributed by atoms with E-state index in [1.165, 1.54) is 24.8 Å². The molecule has 0 amide bonds. The van der Waals surface area contributed by atoms with E-state index in [0.717, 1.165) is 17.8 Å². The molecule has 0 unspecified atom stereocenters. The van der Waals surface area contributed by atoms with Gasteiger partial charge in [0.25, 0.3) is 0 Å². The van der Waals surface area contributed by atoms with Crippen LogP contribution < -0.4 is 0 Å². The van der Waals surface area contributed by atoms with E-state index in [1.54, 1.807) is 0 Å². The highest BCUT2D eigenvalue weighted by Gasteiger charge is 2.29. The van der Waals surface area contributed by atoms with Gasteiger partial charge in [-0.15, -0.1) is 0 Å². The highest BCUT2D eigenvalue weighted by atomic mass is 32.2. The van der Waals surface area contributed by atoms with Gasteiger partial charge in [0.05, 0.1) is 0 Å². The van der Waals surface area contributed by atoms with Gasteiger partial charge in [-0.25, -0.2) is 0 Å². The Hall–Kier alpha value is -0.540. The monoisotopic (exact) mass is 236 g/mol. The summed E-state index contributed by atoms with van der Waals surface area (Å²) in [5, 5.41) is 0.826. The first-order valence-corrected chi connectivity index (χ1v) is 7.22. The molecule has 0 aliphatic heterocycles. The van der Waals surface area contributed by atoms with Crippen molar-refractivity contribution < 1.29 is 0 Å². The maximum atomic E-state index is 4.06. The Kier molecular flexibility index (Phi) is 4.24. The number of hydrogen-bond donors (Lipinski definition) is 0. The largest absolute Gasteiger partial charge is 0.298 e. The minimum atomic E-state index is 0.753. The average molecular weight is 236 g/mol. The quantitative estimate of drug-likeness (QED) is 0.799. The van der Waals surface area contributed by atoms with Crippen LogP contribution in [0, 0.1) is 0 Å². The Labute approximate surface area is 102 Å². The Morgan fingerprint density at radius 1 is 1.38 bits per heavy atom. The zero-order valence-corrected chi connectivity index (χ0v) is 10.9. The molecule has 1 aromatic rings. The normalized spacial score (nSPS) is 25.2. The third kappa shape index (κ3) is 2.77. The lowest BCUT2D eigenvalue weighted by atomic mass is 10.2. The summed E-state index contributed by atoms with van der Waals surface area (Å²) in [6.45, 7) is 1.05. The van der Waals surface area contributed by atoms with Gasteiger partial charge in [-0.2, -0.15) is 11.8 Å². The fraction of sp³-hybridized carbons (Fsp3) is 0.615. The zero-order valence-electron chi connectivity index (χ0n) is 10.1. The van der Waals surface area contributed by atoms with Gasteiger partial charge in [0.2, 0.25) is 0 Å². The van der Waals surface area contributed by atoms with Crippen molar-refractivity contribution in [2.45, 2.75) is 37.1 Å². The average Bonchev–Trinajstić information content (AvgIpc) is 2.78. The van der Waals surface area contributed by atoms with E-state index in [4.69, 9.17) is 0 Å². The lowest BCUT2D eigenvalue weighted by Gasteiger charge is -2.28. The number of nitrogens with zero attached hydrogens (tertiary/aromatic N) is 2. The molecule has 3 heteroatoms. The summed E-state index contributed by atoms with van der Waals surface area (Å²) in [6, 6.07) is 4.97. The fourth-order valence-electron chi connectivity index (χ4n) is 2.58. The first-order chi connectivity index (χ1) is 7.81. The van der Waals surface area contributed by atoms with Crippen LogP contribution in [0.25, 0.3) is 0 Å². The molecule has 0 saturated heterocycles. The molecule has 88 valence electrons. The minimum Gasteiger partial charge on any atom is -0.298 e. The van der Waals surface area contributed by atoms with Gasteiger partial charge in [0.1, 0.15) is 0 Å². The summed E-state index contributed by atoms with van der Waals surface area (Å²) in [5.74, 6) is 0. The van der Waals surface area contributed by atoms with Crippen LogP contribution in [0.15, 0.2) is 24.5 Å². The smallest absolute Gasteiger partial charge is 0.0271 e. The molecule has 1 heterocycles. The van der Waals surface area contributed by atoms with Crippen LogP contribution in [0.4, 0.5) is 0 Å². The van der Waals surface area contributed by atoms with Crippen LogP contribution in [0.3, 0.4) is 0 Å². The predicted molar refractivity (Wildman–Crippen MR) is 70.6 cm³/mol. The molecule has 1 fully saturated rings. The molecule has 16 heavy (non-hydrogen) atoms. The molecule has 2 nitrogen and oxygen atoms in total. The number of aromatic nitrogens is 1. The van der Waals surface area contributed by atoms with Crippen LogP contribution >= 0.6 is 11.8 Å². The van der Waals surface area contributed by atoms with Crippen molar-refractivity contribution in [2.75, 3.05) is 13.3 Å². The molecule has 1 aliphatic carbocycles. The minimum absolute atomic E-state index is 0.753. The van der Waals surface area contributed by atoms with Gasteiger partial charge in [-0.05, 0) is 43.8 Å². The van der Waals surface area contributed by atoms with Crippen molar-refractivity contribution in [2.24, 2.45) is 0 Å². The van der Waals surface area contributed by atoms with Gasteiger partial charge in [-0.1, -0.05) is 6.42 Å². The zero-order chi connectivity index (χ0) is 11.4. The molecule has 0 N–H and O–H groups in total. The molecule has 2 atom stereocenters. The topological polar surface area (TPSA) is 16.1 Å². The second kappa shape index (κ2) is 5.69. The molecule has 0 bridgehead atoms.